The van der Waals surface area contributed by atoms with Crippen LogP contribution in [0.25, 0.3) is 0 Å². The van der Waals surface area contributed by atoms with Gasteiger partial charge in [-0.15, -0.1) is 0 Å². The zero-order valence-corrected chi connectivity index (χ0v) is 12.8. The van der Waals surface area contributed by atoms with Gasteiger partial charge in [0.2, 0.25) is 0 Å². The first kappa shape index (κ1) is 15.0. The molecule has 5 heteroatoms. The van der Waals surface area contributed by atoms with Gasteiger partial charge in [-0.3, -0.25) is 4.98 Å². The Morgan fingerprint density at radius 1 is 1.30 bits per heavy atom. The maximum Gasteiger partial charge on any atom is 0.139 e. The van der Waals surface area contributed by atoms with Crippen molar-refractivity contribution in [1.29, 1.82) is 0 Å². The summed E-state index contributed by atoms with van der Waals surface area (Å²) in [5, 5.41) is 22.8. The number of aromatic hydroxyl groups is 1. The molecule has 0 radical (unpaired) electrons. The fourth-order valence-electron chi connectivity index (χ4n) is 1.83. The molecule has 2 aromatic rings. The van der Waals surface area contributed by atoms with E-state index < -0.39 is 6.10 Å². The molecule has 0 aliphatic carbocycles. The largest absolute Gasteiger partial charge is 0.506 e. The van der Waals surface area contributed by atoms with Gasteiger partial charge in [-0.05, 0) is 34.5 Å². The molecule has 1 aromatic carbocycles. The van der Waals surface area contributed by atoms with Crippen molar-refractivity contribution in [3.63, 3.8) is 0 Å². The zero-order chi connectivity index (χ0) is 14.5. The highest BCUT2D eigenvalue weighted by Crippen LogP contribution is 2.19. The molecule has 0 saturated heterocycles. The van der Waals surface area contributed by atoms with Crippen LogP contribution < -0.4 is 5.32 Å². The normalized spacial score (nSPS) is 12.3. The van der Waals surface area contributed by atoms with Gasteiger partial charge in [0.25, 0.3) is 0 Å². The average Bonchev–Trinajstić information content (AvgIpc) is 2.42. The molecule has 0 unspecified atom stereocenters. The predicted octanol–water partition coefficient (Wildman–Crippen LogP) is 2.68. The number of nitrogens with one attached hydrogen (secondary N) is 1. The fraction of sp³-hybridized carbons (Fsp3) is 0.267. The number of halogens is 1. The molecule has 1 atom stereocenters. The Bertz CT molecular complexity index is 573. The number of nitrogens with zero attached hydrogens (tertiary/aromatic N) is 1. The van der Waals surface area contributed by atoms with Crippen molar-refractivity contribution in [3.8, 4) is 5.75 Å². The van der Waals surface area contributed by atoms with Crippen molar-refractivity contribution in [2.45, 2.75) is 19.6 Å². The Balaban J connectivity index is 1.87. The lowest BCUT2D eigenvalue weighted by atomic mass is 10.1. The Kier molecular flexibility index (Phi) is 5.11. The predicted molar refractivity (Wildman–Crippen MR) is 81.4 cm³/mol. The highest BCUT2D eigenvalue weighted by molar-refractivity contribution is 9.10. The minimum absolute atomic E-state index is 0.136. The molecule has 106 valence electrons. The summed E-state index contributed by atoms with van der Waals surface area (Å²) in [7, 11) is 0. The van der Waals surface area contributed by atoms with E-state index in [2.05, 4.69) is 26.2 Å². The van der Waals surface area contributed by atoms with Crippen LogP contribution in [0.5, 0.6) is 5.75 Å². The number of pyridine rings is 1. The molecule has 0 aliphatic rings. The van der Waals surface area contributed by atoms with Crippen LogP contribution in [0.15, 0.2) is 41.0 Å². The molecule has 2 rings (SSSR count). The summed E-state index contributed by atoms with van der Waals surface area (Å²) < 4.78 is 0.735. The topological polar surface area (TPSA) is 65.4 Å². The maximum absolute atomic E-state index is 10.0. The smallest absolute Gasteiger partial charge is 0.139 e. The second kappa shape index (κ2) is 6.83. The summed E-state index contributed by atoms with van der Waals surface area (Å²) in [5.41, 5.74) is 2.60. The summed E-state index contributed by atoms with van der Waals surface area (Å²) in [6.45, 7) is 2.82. The Morgan fingerprint density at radius 2 is 2.00 bits per heavy atom. The van der Waals surface area contributed by atoms with Crippen LogP contribution in [-0.2, 0) is 6.54 Å². The molecular formula is C15H17BrN2O2. The fourth-order valence-corrected chi connectivity index (χ4v) is 2.15. The first-order valence-corrected chi connectivity index (χ1v) is 7.14. The summed E-state index contributed by atoms with van der Waals surface area (Å²) in [4.78, 5) is 4.12. The van der Waals surface area contributed by atoms with E-state index in [0.717, 1.165) is 15.6 Å². The number of aromatic nitrogens is 1. The molecule has 0 aliphatic heterocycles. The Labute approximate surface area is 126 Å². The first-order chi connectivity index (χ1) is 9.56. The van der Waals surface area contributed by atoms with Crippen LogP contribution in [-0.4, -0.2) is 21.7 Å². The highest BCUT2D eigenvalue weighted by atomic mass is 79.9. The van der Waals surface area contributed by atoms with E-state index in [9.17, 15) is 10.2 Å². The molecule has 1 heterocycles. The summed E-state index contributed by atoms with van der Waals surface area (Å²) in [6.07, 6.45) is 1.06. The van der Waals surface area contributed by atoms with E-state index in [1.807, 2.05) is 31.2 Å². The lowest BCUT2D eigenvalue weighted by Crippen LogP contribution is -2.21. The van der Waals surface area contributed by atoms with E-state index in [-0.39, 0.29) is 5.75 Å². The lowest BCUT2D eigenvalue weighted by molar-refractivity contribution is 0.174. The van der Waals surface area contributed by atoms with Crippen LogP contribution in [0.4, 0.5) is 0 Å². The van der Waals surface area contributed by atoms with Gasteiger partial charge in [0.1, 0.15) is 5.75 Å². The molecule has 3 N–H and O–H groups in total. The summed E-state index contributed by atoms with van der Waals surface area (Å²) >= 11 is 3.24. The van der Waals surface area contributed by atoms with Gasteiger partial charge in [-0.25, -0.2) is 0 Å². The van der Waals surface area contributed by atoms with Gasteiger partial charge in [0.05, 0.1) is 11.8 Å². The lowest BCUT2D eigenvalue weighted by Gasteiger charge is -2.12. The van der Waals surface area contributed by atoms with Gasteiger partial charge >= 0.3 is 0 Å². The van der Waals surface area contributed by atoms with Crippen molar-refractivity contribution >= 4 is 15.9 Å². The monoisotopic (exact) mass is 336 g/mol. The molecule has 0 spiro atoms. The van der Waals surface area contributed by atoms with E-state index >= 15 is 0 Å². The Morgan fingerprint density at radius 3 is 2.65 bits per heavy atom. The molecule has 1 aromatic heterocycles. The summed E-state index contributed by atoms with van der Waals surface area (Å²) in [5.74, 6) is 0.136. The van der Waals surface area contributed by atoms with Crippen LogP contribution >= 0.6 is 15.9 Å². The van der Waals surface area contributed by atoms with Crippen molar-refractivity contribution in [2.24, 2.45) is 0 Å². The summed E-state index contributed by atoms with van der Waals surface area (Å²) in [6, 6.07) is 9.37. The van der Waals surface area contributed by atoms with Gasteiger partial charge < -0.3 is 15.5 Å². The van der Waals surface area contributed by atoms with Gasteiger partial charge in [-0.2, -0.15) is 0 Å². The molecular weight excluding hydrogens is 320 g/mol. The highest BCUT2D eigenvalue weighted by Gasteiger charge is 2.08. The number of aliphatic hydroxyl groups excluding tert-OH is 1. The van der Waals surface area contributed by atoms with E-state index in [0.29, 0.717) is 18.8 Å². The zero-order valence-electron chi connectivity index (χ0n) is 11.2. The quantitative estimate of drug-likeness (QED) is 0.785. The number of rotatable bonds is 5. The number of aliphatic hydroxyl groups is 1. The maximum atomic E-state index is 10.0. The van der Waals surface area contributed by atoms with Crippen LogP contribution in [0.1, 0.15) is 22.9 Å². The van der Waals surface area contributed by atoms with Crippen LogP contribution in [0.3, 0.4) is 0 Å². The first-order valence-electron chi connectivity index (χ1n) is 6.35. The van der Waals surface area contributed by atoms with Crippen molar-refractivity contribution < 1.29 is 10.2 Å². The average molecular weight is 337 g/mol. The Hall–Kier alpha value is -1.43. The molecule has 0 saturated carbocycles. The second-order valence-electron chi connectivity index (χ2n) is 4.68. The number of hydrogen-bond acceptors (Lipinski definition) is 4. The third kappa shape index (κ3) is 4.03. The standard InChI is InChI=1S/C15H17BrN2O2/c1-10-2-4-11(5-3-10)15(20)9-17-8-13-14(19)6-12(16)7-18-13/h2-7,15,17,19-20H,8-9H2,1H3/t15-/m1/s1. The molecule has 0 amide bonds. The molecule has 0 bridgehead atoms. The van der Waals surface area contributed by atoms with Gasteiger partial charge in [0.15, 0.2) is 0 Å². The number of hydrogen-bond donors (Lipinski definition) is 3. The molecule has 0 fully saturated rings. The third-order valence-corrected chi connectivity index (χ3v) is 3.44. The number of aryl methyl sites for hydroxylation is 1. The second-order valence-corrected chi connectivity index (χ2v) is 5.59. The molecule has 4 nitrogen and oxygen atoms in total. The molecule has 20 heavy (non-hydrogen) atoms. The minimum Gasteiger partial charge on any atom is -0.506 e. The van der Waals surface area contributed by atoms with Crippen LogP contribution in [0, 0.1) is 6.92 Å². The van der Waals surface area contributed by atoms with E-state index in [4.69, 9.17) is 0 Å². The van der Waals surface area contributed by atoms with Gasteiger partial charge in [0, 0.05) is 23.8 Å². The van der Waals surface area contributed by atoms with Crippen molar-refractivity contribution in [3.05, 3.63) is 57.8 Å². The third-order valence-electron chi connectivity index (χ3n) is 3.01. The van der Waals surface area contributed by atoms with Crippen molar-refractivity contribution in [2.75, 3.05) is 6.54 Å². The SMILES string of the molecule is Cc1ccc([C@H](O)CNCc2ncc(Br)cc2O)cc1. The van der Waals surface area contributed by atoms with Gasteiger partial charge in [-0.1, -0.05) is 29.8 Å². The van der Waals surface area contributed by atoms with Crippen LogP contribution in [0.2, 0.25) is 0 Å². The minimum atomic E-state index is -0.576. The van der Waals surface area contributed by atoms with E-state index in [1.165, 1.54) is 0 Å². The van der Waals surface area contributed by atoms with E-state index in [1.54, 1.807) is 12.3 Å². The van der Waals surface area contributed by atoms with Crippen molar-refractivity contribution in [1.82, 2.24) is 10.3 Å². The number of benzene rings is 1.